The van der Waals surface area contributed by atoms with Crippen molar-refractivity contribution >= 4 is 35.8 Å². The fourth-order valence-corrected chi connectivity index (χ4v) is 2.31. The summed E-state index contributed by atoms with van der Waals surface area (Å²) in [7, 11) is 1.64. The third-order valence-electron chi connectivity index (χ3n) is 3.65. The first-order chi connectivity index (χ1) is 12.7. The van der Waals surface area contributed by atoms with E-state index in [1.165, 1.54) is 0 Å². The van der Waals surface area contributed by atoms with Crippen LogP contribution in [0.25, 0.3) is 0 Å². The summed E-state index contributed by atoms with van der Waals surface area (Å²) < 4.78 is 5.22. The van der Waals surface area contributed by atoms with E-state index in [0.29, 0.717) is 19.0 Å². The van der Waals surface area contributed by atoms with E-state index in [9.17, 15) is 4.79 Å². The van der Waals surface area contributed by atoms with Crippen LogP contribution in [0, 0.1) is 0 Å². The van der Waals surface area contributed by atoms with Crippen LogP contribution in [0.5, 0.6) is 5.75 Å². The number of aliphatic imine (C=N–C) groups is 1. The minimum atomic E-state index is -0.0826. The maximum Gasteiger partial charge on any atom is 0.239 e. The van der Waals surface area contributed by atoms with Gasteiger partial charge in [-0.1, -0.05) is 42.5 Å². The quantitative estimate of drug-likeness (QED) is 0.308. The number of nitrogens with zero attached hydrogens (tertiary/aromatic N) is 1. The Kier molecular flexibility index (Phi) is 10.9. The number of hydrogen-bond donors (Lipinski definition) is 3. The summed E-state index contributed by atoms with van der Waals surface area (Å²) in [5.41, 5.74) is 2.11. The number of guanidine groups is 1. The van der Waals surface area contributed by atoms with Gasteiger partial charge in [0, 0.05) is 13.1 Å². The molecule has 7 heteroatoms. The van der Waals surface area contributed by atoms with Gasteiger partial charge < -0.3 is 20.7 Å². The Balaban J connectivity index is 0.00000364. The van der Waals surface area contributed by atoms with Gasteiger partial charge in [0.15, 0.2) is 5.96 Å². The van der Waals surface area contributed by atoms with Gasteiger partial charge in [-0.15, -0.1) is 24.0 Å². The number of carbonyl (C=O) groups is 1. The zero-order chi connectivity index (χ0) is 18.6. The number of rotatable bonds is 8. The van der Waals surface area contributed by atoms with E-state index in [4.69, 9.17) is 4.74 Å². The molecule has 0 fully saturated rings. The fraction of sp³-hybridized carbons (Fsp3) is 0.300. The van der Waals surface area contributed by atoms with Crippen molar-refractivity contribution in [1.29, 1.82) is 0 Å². The Labute approximate surface area is 177 Å². The number of halogens is 1. The van der Waals surface area contributed by atoms with Crippen LogP contribution in [0.2, 0.25) is 0 Å². The van der Waals surface area contributed by atoms with Crippen LogP contribution in [0.15, 0.2) is 59.6 Å². The van der Waals surface area contributed by atoms with Gasteiger partial charge in [0.2, 0.25) is 5.91 Å². The van der Waals surface area contributed by atoms with Crippen LogP contribution >= 0.6 is 24.0 Å². The molecule has 0 aromatic heterocycles. The van der Waals surface area contributed by atoms with Crippen molar-refractivity contribution in [3.63, 3.8) is 0 Å². The van der Waals surface area contributed by atoms with Crippen molar-refractivity contribution < 1.29 is 9.53 Å². The highest BCUT2D eigenvalue weighted by Crippen LogP contribution is 2.13. The number of amides is 1. The topological polar surface area (TPSA) is 74.8 Å². The predicted molar refractivity (Wildman–Crippen MR) is 120 cm³/mol. The second kappa shape index (κ2) is 13.0. The molecule has 0 radical (unpaired) electrons. The minimum absolute atomic E-state index is 0. The molecular formula is C20H27IN4O2. The highest BCUT2D eigenvalue weighted by molar-refractivity contribution is 14.0. The van der Waals surface area contributed by atoms with Gasteiger partial charge in [0.25, 0.3) is 0 Å². The number of nitrogens with one attached hydrogen (secondary N) is 3. The number of hydrogen-bond acceptors (Lipinski definition) is 3. The Bertz CT molecular complexity index is 723. The number of carbonyl (C=O) groups excluding carboxylic acids is 1. The van der Waals surface area contributed by atoms with Gasteiger partial charge in [-0.05, 0) is 30.2 Å². The first-order valence-electron chi connectivity index (χ1n) is 8.67. The molecule has 0 aliphatic heterocycles. The van der Waals surface area contributed by atoms with Gasteiger partial charge >= 0.3 is 0 Å². The fourth-order valence-electron chi connectivity index (χ4n) is 2.31. The third-order valence-corrected chi connectivity index (χ3v) is 3.65. The highest BCUT2D eigenvalue weighted by Gasteiger charge is 2.04. The average molecular weight is 482 g/mol. The molecule has 2 aromatic carbocycles. The lowest BCUT2D eigenvalue weighted by Crippen LogP contribution is -2.43. The molecule has 146 valence electrons. The van der Waals surface area contributed by atoms with Crippen LogP contribution in [-0.4, -0.2) is 32.1 Å². The van der Waals surface area contributed by atoms with E-state index >= 15 is 0 Å². The molecule has 27 heavy (non-hydrogen) atoms. The van der Waals surface area contributed by atoms with Gasteiger partial charge in [-0.2, -0.15) is 0 Å². The lowest BCUT2D eigenvalue weighted by molar-refractivity contribution is -0.120. The number of methoxy groups -OCH3 is 1. The molecule has 0 aliphatic rings. The maximum absolute atomic E-state index is 12.0. The van der Waals surface area contributed by atoms with E-state index in [1.54, 1.807) is 7.11 Å². The molecular weight excluding hydrogens is 455 g/mol. The van der Waals surface area contributed by atoms with E-state index < -0.39 is 0 Å². The summed E-state index contributed by atoms with van der Waals surface area (Å²) in [4.78, 5) is 16.5. The monoisotopic (exact) mass is 482 g/mol. The summed E-state index contributed by atoms with van der Waals surface area (Å²) in [6.07, 6.45) is 0. The predicted octanol–water partition coefficient (Wildman–Crippen LogP) is 2.68. The van der Waals surface area contributed by atoms with Crippen molar-refractivity contribution in [1.82, 2.24) is 16.0 Å². The molecule has 6 nitrogen and oxygen atoms in total. The Hall–Kier alpha value is -2.29. The van der Waals surface area contributed by atoms with Crippen molar-refractivity contribution in [3.05, 3.63) is 65.7 Å². The van der Waals surface area contributed by atoms with Crippen molar-refractivity contribution in [2.75, 3.05) is 20.2 Å². The third kappa shape index (κ3) is 8.76. The van der Waals surface area contributed by atoms with Crippen molar-refractivity contribution in [2.45, 2.75) is 20.0 Å². The Morgan fingerprint density at radius 1 is 1.00 bits per heavy atom. The molecule has 0 bridgehead atoms. The number of ether oxygens (including phenoxy) is 1. The first-order valence-corrected chi connectivity index (χ1v) is 8.67. The van der Waals surface area contributed by atoms with E-state index in [1.807, 2.05) is 61.5 Å². The number of benzene rings is 2. The lowest BCUT2D eigenvalue weighted by Gasteiger charge is -2.12. The maximum atomic E-state index is 12.0. The van der Waals surface area contributed by atoms with Gasteiger partial charge in [0.1, 0.15) is 5.75 Å². The van der Waals surface area contributed by atoms with Crippen LogP contribution in [-0.2, 0) is 17.9 Å². The molecule has 2 rings (SSSR count). The molecule has 0 saturated carbocycles. The molecule has 0 aliphatic carbocycles. The summed E-state index contributed by atoms with van der Waals surface area (Å²) >= 11 is 0. The van der Waals surface area contributed by atoms with E-state index in [2.05, 4.69) is 20.9 Å². The lowest BCUT2D eigenvalue weighted by atomic mass is 10.2. The summed E-state index contributed by atoms with van der Waals surface area (Å²) in [6, 6.07) is 17.6. The zero-order valence-corrected chi connectivity index (χ0v) is 18.0. The second-order valence-electron chi connectivity index (χ2n) is 5.66. The van der Waals surface area contributed by atoms with Gasteiger partial charge in [0.05, 0.1) is 20.2 Å². The molecule has 0 atom stereocenters. The SMILES string of the molecule is CCNC(=NCc1cccc(OC)c1)NCC(=O)NCc1ccccc1.I. The molecule has 2 aromatic rings. The molecule has 0 heterocycles. The normalized spacial score (nSPS) is 10.5. The molecule has 0 spiro atoms. The summed E-state index contributed by atoms with van der Waals surface area (Å²) in [5, 5.41) is 9.07. The van der Waals surface area contributed by atoms with Gasteiger partial charge in [-0.3, -0.25) is 4.79 Å². The van der Waals surface area contributed by atoms with Gasteiger partial charge in [-0.25, -0.2) is 4.99 Å². The highest BCUT2D eigenvalue weighted by atomic mass is 127. The van der Waals surface area contributed by atoms with E-state index in [0.717, 1.165) is 23.4 Å². The Morgan fingerprint density at radius 2 is 1.74 bits per heavy atom. The Morgan fingerprint density at radius 3 is 2.44 bits per heavy atom. The van der Waals surface area contributed by atoms with Crippen molar-refractivity contribution in [2.24, 2.45) is 4.99 Å². The average Bonchev–Trinajstić information content (AvgIpc) is 2.69. The van der Waals surface area contributed by atoms with Crippen LogP contribution in [0.3, 0.4) is 0 Å². The first kappa shape index (κ1) is 22.8. The van der Waals surface area contributed by atoms with Crippen molar-refractivity contribution in [3.8, 4) is 5.75 Å². The molecule has 0 saturated heterocycles. The van der Waals surface area contributed by atoms with Crippen LogP contribution in [0.1, 0.15) is 18.1 Å². The van der Waals surface area contributed by atoms with E-state index in [-0.39, 0.29) is 36.4 Å². The standard InChI is InChI=1S/C20H26N4O2.HI/c1-3-21-20(23-14-17-10-7-11-18(12-17)26-2)24-15-19(25)22-13-16-8-5-4-6-9-16;/h4-12H,3,13-15H2,1-2H3,(H,22,25)(H2,21,23,24);1H. The summed E-state index contributed by atoms with van der Waals surface area (Å²) in [6.45, 7) is 3.88. The smallest absolute Gasteiger partial charge is 0.239 e. The molecule has 3 N–H and O–H groups in total. The molecule has 0 unspecified atom stereocenters. The molecule has 1 amide bonds. The largest absolute Gasteiger partial charge is 0.497 e. The second-order valence-corrected chi connectivity index (χ2v) is 5.66. The van der Waals surface area contributed by atoms with Crippen LogP contribution in [0.4, 0.5) is 0 Å². The zero-order valence-electron chi connectivity index (χ0n) is 15.7. The van der Waals surface area contributed by atoms with Crippen LogP contribution < -0.4 is 20.7 Å². The minimum Gasteiger partial charge on any atom is -0.497 e. The summed E-state index contributed by atoms with van der Waals surface area (Å²) in [5.74, 6) is 1.32.